The maximum Gasteiger partial charge on any atom is 0.508 e. The number of esters is 3. The molecule has 0 heterocycles. The number of methoxy groups -OCH3 is 1. The summed E-state index contributed by atoms with van der Waals surface area (Å²) in [5.41, 5.74) is 5.41. The molecule has 1 rings (SSSR count). The summed E-state index contributed by atoms with van der Waals surface area (Å²) in [5.74, 6) is -1.15. The van der Waals surface area contributed by atoms with Crippen molar-refractivity contribution in [2.45, 2.75) is 91.2 Å². The average molecular weight is 524 g/mol. The summed E-state index contributed by atoms with van der Waals surface area (Å²) in [6, 6.07) is 4.60. The van der Waals surface area contributed by atoms with E-state index in [1.165, 1.54) is 19.2 Å². The molecule has 0 aliphatic heterocycles. The number of ether oxygens (including phenoxy) is 5. The van der Waals surface area contributed by atoms with E-state index in [2.05, 4.69) is 0 Å². The van der Waals surface area contributed by atoms with Gasteiger partial charge in [0.15, 0.2) is 11.5 Å². The fourth-order valence-electron chi connectivity index (χ4n) is 3.51. The number of nitrogens with two attached hydrogens (primary N) is 1. The second-order valence-corrected chi connectivity index (χ2v) is 9.47. The molecule has 208 valence electrons. The van der Waals surface area contributed by atoms with E-state index < -0.39 is 35.7 Å². The smallest absolute Gasteiger partial charge is 0.468 e. The molecule has 0 bridgehead atoms. The lowest BCUT2D eigenvalue weighted by Crippen LogP contribution is -2.53. The standard InChI is InChI=1S/C27H41NO9/c1-7-9-23(29)36-21-12-11-20(15-22(21)37-24(30)10-8-2)17-27(28,25(31)33-6)16-19(5)35-26(32)34-14-13-18(3)4/h11-12,15,18-19H,7-10,13-14,16-17,28H2,1-6H3/t19-,27?/m0/s1. The molecule has 1 aromatic rings. The predicted molar refractivity (Wildman–Crippen MR) is 136 cm³/mol. The van der Waals surface area contributed by atoms with Gasteiger partial charge in [0, 0.05) is 25.7 Å². The summed E-state index contributed by atoms with van der Waals surface area (Å²) < 4.78 is 26.1. The number of benzene rings is 1. The van der Waals surface area contributed by atoms with Crippen molar-refractivity contribution >= 4 is 24.1 Å². The van der Waals surface area contributed by atoms with Crippen LogP contribution in [-0.2, 0) is 35.0 Å². The largest absolute Gasteiger partial charge is 0.508 e. The molecule has 0 fully saturated rings. The van der Waals surface area contributed by atoms with Crippen LogP contribution in [0.3, 0.4) is 0 Å². The summed E-state index contributed by atoms with van der Waals surface area (Å²) >= 11 is 0. The van der Waals surface area contributed by atoms with Crippen molar-refractivity contribution in [1.82, 2.24) is 0 Å². The van der Waals surface area contributed by atoms with Gasteiger partial charge >= 0.3 is 24.1 Å². The minimum atomic E-state index is -1.57. The molecule has 0 saturated carbocycles. The van der Waals surface area contributed by atoms with E-state index in [-0.39, 0.29) is 43.8 Å². The van der Waals surface area contributed by atoms with Crippen molar-refractivity contribution in [3.8, 4) is 11.5 Å². The lowest BCUT2D eigenvalue weighted by Gasteiger charge is -2.29. The first kappa shape index (κ1) is 31.9. The average Bonchev–Trinajstić information content (AvgIpc) is 2.80. The van der Waals surface area contributed by atoms with Crippen LogP contribution in [0.5, 0.6) is 11.5 Å². The lowest BCUT2D eigenvalue weighted by atomic mass is 9.86. The zero-order chi connectivity index (χ0) is 28.0. The van der Waals surface area contributed by atoms with Gasteiger partial charge in [-0.2, -0.15) is 0 Å². The van der Waals surface area contributed by atoms with E-state index in [0.29, 0.717) is 30.7 Å². The number of rotatable bonds is 15. The Kier molecular flexibility index (Phi) is 13.7. The number of hydrogen-bond donors (Lipinski definition) is 1. The Morgan fingerprint density at radius 1 is 0.946 bits per heavy atom. The molecule has 0 saturated heterocycles. The number of carbonyl (C=O) groups is 4. The second-order valence-electron chi connectivity index (χ2n) is 9.47. The molecule has 0 aliphatic carbocycles. The van der Waals surface area contributed by atoms with Crippen LogP contribution in [0.1, 0.15) is 78.7 Å². The third-order valence-electron chi connectivity index (χ3n) is 5.34. The van der Waals surface area contributed by atoms with Crippen LogP contribution < -0.4 is 15.2 Å². The molecule has 0 aliphatic rings. The summed E-state index contributed by atoms with van der Waals surface area (Å²) in [5, 5.41) is 0. The van der Waals surface area contributed by atoms with E-state index in [0.717, 1.165) is 0 Å². The number of hydrogen-bond acceptors (Lipinski definition) is 10. The molecule has 0 aromatic heterocycles. The Balaban J connectivity index is 3.10. The lowest BCUT2D eigenvalue weighted by molar-refractivity contribution is -0.148. The highest BCUT2D eigenvalue weighted by atomic mass is 16.7. The van der Waals surface area contributed by atoms with E-state index >= 15 is 0 Å². The van der Waals surface area contributed by atoms with E-state index in [1.54, 1.807) is 13.0 Å². The van der Waals surface area contributed by atoms with Gasteiger partial charge in [-0.25, -0.2) is 4.79 Å². The highest BCUT2D eigenvalue weighted by Crippen LogP contribution is 2.32. The van der Waals surface area contributed by atoms with Crippen molar-refractivity contribution in [3.63, 3.8) is 0 Å². The van der Waals surface area contributed by atoms with Crippen LogP contribution in [0.25, 0.3) is 0 Å². The zero-order valence-electron chi connectivity index (χ0n) is 22.8. The van der Waals surface area contributed by atoms with Gasteiger partial charge in [0.2, 0.25) is 0 Å². The monoisotopic (exact) mass is 523 g/mol. The fourth-order valence-corrected chi connectivity index (χ4v) is 3.51. The Morgan fingerprint density at radius 3 is 2.08 bits per heavy atom. The van der Waals surface area contributed by atoms with Gasteiger partial charge in [-0.3, -0.25) is 14.4 Å². The highest BCUT2D eigenvalue weighted by Gasteiger charge is 2.38. The minimum absolute atomic E-state index is 0.0305. The van der Waals surface area contributed by atoms with E-state index in [9.17, 15) is 19.2 Å². The first-order valence-electron chi connectivity index (χ1n) is 12.7. The Hall–Kier alpha value is -3.14. The Morgan fingerprint density at radius 2 is 1.54 bits per heavy atom. The zero-order valence-corrected chi connectivity index (χ0v) is 22.8. The number of carbonyl (C=O) groups excluding carboxylic acids is 4. The summed E-state index contributed by atoms with van der Waals surface area (Å²) in [6.07, 6.45) is 0.567. The van der Waals surface area contributed by atoms with Crippen LogP contribution in [-0.4, -0.2) is 49.4 Å². The third kappa shape index (κ3) is 11.6. The van der Waals surface area contributed by atoms with E-state index in [1.807, 2.05) is 27.7 Å². The fraction of sp³-hybridized carbons (Fsp3) is 0.630. The quantitative estimate of drug-likeness (QED) is 0.258. The Bertz CT molecular complexity index is 915. The van der Waals surface area contributed by atoms with Crippen molar-refractivity contribution in [2.75, 3.05) is 13.7 Å². The van der Waals surface area contributed by atoms with Crippen LogP contribution >= 0.6 is 0 Å². The normalized spacial score (nSPS) is 13.3. The van der Waals surface area contributed by atoms with E-state index in [4.69, 9.17) is 29.4 Å². The van der Waals surface area contributed by atoms with Gasteiger partial charge in [-0.15, -0.1) is 0 Å². The SMILES string of the molecule is CCCC(=O)Oc1ccc(CC(N)(C[C@H](C)OC(=O)OCCC(C)C)C(=O)OC)cc1OC(=O)CCC. The first-order valence-corrected chi connectivity index (χ1v) is 12.7. The predicted octanol–water partition coefficient (Wildman–Crippen LogP) is 4.49. The molecule has 37 heavy (non-hydrogen) atoms. The topological polar surface area (TPSA) is 140 Å². The van der Waals surface area contributed by atoms with Gasteiger partial charge in [0.25, 0.3) is 0 Å². The molecule has 0 spiro atoms. The van der Waals surface area contributed by atoms with Crippen molar-refractivity contribution in [3.05, 3.63) is 23.8 Å². The van der Waals surface area contributed by atoms with Gasteiger partial charge in [0.05, 0.1) is 13.7 Å². The molecule has 2 N–H and O–H groups in total. The molecule has 2 atom stereocenters. The van der Waals surface area contributed by atoms with Crippen LogP contribution in [0.2, 0.25) is 0 Å². The molecule has 0 radical (unpaired) electrons. The molecule has 0 amide bonds. The van der Waals surface area contributed by atoms with Crippen LogP contribution in [0.4, 0.5) is 4.79 Å². The maximum atomic E-state index is 12.7. The van der Waals surface area contributed by atoms with Gasteiger partial charge < -0.3 is 29.4 Å². The molecular weight excluding hydrogens is 482 g/mol. The molecule has 10 heteroatoms. The van der Waals surface area contributed by atoms with Crippen LogP contribution in [0, 0.1) is 5.92 Å². The minimum Gasteiger partial charge on any atom is -0.468 e. The van der Waals surface area contributed by atoms with Gasteiger partial charge in [0.1, 0.15) is 11.6 Å². The maximum absolute atomic E-state index is 12.7. The molecular formula is C27H41NO9. The molecule has 10 nitrogen and oxygen atoms in total. The van der Waals surface area contributed by atoms with Crippen molar-refractivity contribution < 1.29 is 42.9 Å². The Labute approximate surface area is 219 Å². The summed E-state index contributed by atoms with van der Waals surface area (Å²) in [6.45, 7) is 9.52. The molecule has 1 aromatic carbocycles. The van der Waals surface area contributed by atoms with Gasteiger partial charge in [-0.05, 0) is 49.8 Å². The third-order valence-corrected chi connectivity index (χ3v) is 5.34. The highest BCUT2D eigenvalue weighted by molar-refractivity contribution is 5.81. The first-order chi connectivity index (χ1) is 17.4. The van der Waals surface area contributed by atoms with Gasteiger partial charge in [-0.1, -0.05) is 33.8 Å². The second kappa shape index (κ2) is 15.9. The summed E-state index contributed by atoms with van der Waals surface area (Å²) in [4.78, 5) is 48.9. The van der Waals surface area contributed by atoms with Crippen molar-refractivity contribution in [1.29, 1.82) is 0 Å². The van der Waals surface area contributed by atoms with Crippen LogP contribution in [0.15, 0.2) is 18.2 Å². The summed E-state index contributed by atoms with van der Waals surface area (Å²) in [7, 11) is 1.21. The van der Waals surface area contributed by atoms with Crippen molar-refractivity contribution in [2.24, 2.45) is 11.7 Å². The molecule has 1 unspecified atom stereocenters.